The first-order valence-corrected chi connectivity index (χ1v) is 8.92. The van der Waals surface area contributed by atoms with Gasteiger partial charge in [-0.25, -0.2) is 0 Å². The van der Waals surface area contributed by atoms with Gasteiger partial charge in [-0.2, -0.15) is 0 Å². The summed E-state index contributed by atoms with van der Waals surface area (Å²) in [4.78, 5) is 33.9. The van der Waals surface area contributed by atoms with E-state index < -0.39 is 0 Å². The molecule has 1 rings (SSSR count). The molecule has 0 aromatic rings. The van der Waals surface area contributed by atoms with Gasteiger partial charge in [0.25, 0.3) is 0 Å². The number of ketones is 1. The lowest BCUT2D eigenvalue weighted by Crippen LogP contribution is -2.26. The van der Waals surface area contributed by atoms with Crippen LogP contribution in [0.4, 0.5) is 0 Å². The van der Waals surface area contributed by atoms with Crippen molar-refractivity contribution >= 4 is 17.6 Å². The van der Waals surface area contributed by atoms with E-state index in [-0.39, 0.29) is 44.4 Å². The van der Waals surface area contributed by atoms with E-state index in [4.69, 9.17) is 0 Å². The lowest BCUT2D eigenvalue weighted by molar-refractivity contribution is -0.132. The molecule has 0 aromatic heterocycles. The third-order valence-electron chi connectivity index (χ3n) is 3.78. The van der Waals surface area contributed by atoms with Crippen molar-refractivity contribution in [1.29, 1.82) is 0 Å². The summed E-state index contributed by atoms with van der Waals surface area (Å²) in [6.45, 7) is 11.5. The Morgan fingerprint density at radius 1 is 0.846 bits per heavy atom. The van der Waals surface area contributed by atoms with E-state index in [1.54, 1.807) is 26.0 Å². The van der Waals surface area contributed by atoms with Crippen LogP contribution < -0.4 is 5.32 Å². The summed E-state index contributed by atoms with van der Waals surface area (Å²) in [5.41, 5.74) is 0. The Bertz CT molecular complexity index is 375. The molecule has 1 fully saturated rings. The summed E-state index contributed by atoms with van der Waals surface area (Å²) in [6.07, 6.45) is 3.57. The van der Waals surface area contributed by atoms with E-state index in [1.807, 2.05) is 41.5 Å². The maximum absolute atomic E-state index is 11.1. The molecule has 1 saturated carbocycles. The smallest absolute Gasteiger partial charge is 0.224 e. The fourth-order valence-electron chi connectivity index (χ4n) is 1.97. The SMILES string of the molecule is C.C.CC(C)C(=O)C1CCC1.CC(C)C(=O)N(C)C.CNC(=O)C(C)C. The molecule has 0 atom stereocenters. The normalized spacial score (nSPS) is 12.3. The van der Waals surface area contributed by atoms with E-state index >= 15 is 0 Å². The molecule has 1 aliphatic carbocycles. The highest BCUT2D eigenvalue weighted by Crippen LogP contribution is 2.29. The van der Waals surface area contributed by atoms with Crippen LogP contribution in [-0.4, -0.2) is 43.6 Å². The summed E-state index contributed by atoms with van der Waals surface area (Å²) in [5, 5.41) is 2.53. The molecule has 0 unspecified atom stereocenters. The number of rotatable bonds is 4. The number of hydrogen-bond acceptors (Lipinski definition) is 3. The summed E-state index contributed by atoms with van der Waals surface area (Å²) in [7, 11) is 5.17. The van der Waals surface area contributed by atoms with Gasteiger partial charge in [0.1, 0.15) is 5.78 Å². The summed E-state index contributed by atoms with van der Waals surface area (Å²) >= 11 is 0. The van der Waals surface area contributed by atoms with Crippen molar-refractivity contribution in [2.24, 2.45) is 23.7 Å². The van der Waals surface area contributed by atoms with Crippen LogP contribution in [0.3, 0.4) is 0 Å². The Morgan fingerprint density at radius 3 is 1.31 bits per heavy atom. The van der Waals surface area contributed by atoms with Gasteiger partial charge in [-0.05, 0) is 12.8 Å². The van der Waals surface area contributed by atoms with Crippen LogP contribution in [0.25, 0.3) is 0 Å². The van der Waals surface area contributed by atoms with Crippen LogP contribution in [0.5, 0.6) is 0 Å². The second-order valence-corrected chi connectivity index (χ2v) is 7.34. The minimum Gasteiger partial charge on any atom is -0.359 e. The Morgan fingerprint density at radius 2 is 1.27 bits per heavy atom. The Labute approximate surface area is 163 Å². The van der Waals surface area contributed by atoms with Crippen molar-refractivity contribution < 1.29 is 14.4 Å². The van der Waals surface area contributed by atoms with Gasteiger partial charge in [-0.15, -0.1) is 0 Å². The number of carbonyl (C=O) groups excluding carboxylic acids is 3. The zero-order chi connectivity index (χ0) is 19.4. The fourth-order valence-corrected chi connectivity index (χ4v) is 1.97. The predicted octanol–water partition coefficient (Wildman–Crippen LogP) is 4.40. The summed E-state index contributed by atoms with van der Waals surface area (Å²) in [6, 6.07) is 0. The van der Waals surface area contributed by atoms with Gasteiger partial charge in [0.05, 0.1) is 0 Å². The number of nitrogens with one attached hydrogen (secondary N) is 1. The molecule has 0 spiro atoms. The van der Waals surface area contributed by atoms with Crippen molar-refractivity contribution in [1.82, 2.24) is 10.2 Å². The Kier molecular flexibility index (Phi) is 21.2. The third-order valence-corrected chi connectivity index (χ3v) is 3.78. The van der Waals surface area contributed by atoms with Gasteiger partial charge in [0.15, 0.2) is 0 Å². The van der Waals surface area contributed by atoms with Crippen molar-refractivity contribution in [3.8, 4) is 0 Å². The molecule has 0 aliphatic heterocycles. The van der Waals surface area contributed by atoms with E-state index in [1.165, 1.54) is 6.42 Å². The van der Waals surface area contributed by atoms with Crippen molar-refractivity contribution in [3.05, 3.63) is 0 Å². The number of amides is 2. The molecule has 0 aromatic carbocycles. The van der Waals surface area contributed by atoms with Crippen LogP contribution in [0.2, 0.25) is 0 Å². The average Bonchev–Trinajstić information content (AvgIpc) is 2.44. The molecule has 5 heteroatoms. The number of Topliss-reactive ketones (excluding diaryl/α,β-unsaturated/α-hetero) is 1. The number of nitrogens with zero attached hydrogens (tertiary/aromatic N) is 1. The van der Waals surface area contributed by atoms with E-state index in [0.717, 1.165) is 12.8 Å². The van der Waals surface area contributed by atoms with E-state index in [0.29, 0.717) is 11.7 Å². The average molecular weight is 375 g/mol. The van der Waals surface area contributed by atoms with E-state index in [2.05, 4.69) is 5.32 Å². The largest absolute Gasteiger partial charge is 0.359 e. The standard InChI is InChI=1S/C8H14O.C6H13NO.C5H11NO.2CH4/c1-6(2)8(9)7-4-3-5-7;1-5(2)6(8)7(3)4;1-4(2)5(7)6-3;;/h6-7H,3-5H2,1-2H3;5H,1-4H3;4H,1-3H3,(H,6,7);2*1H4. The lowest BCUT2D eigenvalue weighted by Gasteiger charge is -2.25. The van der Waals surface area contributed by atoms with Gasteiger partial charge in [-0.3, -0.25) is 14.4 Å². The van der Waals surface area contributed by atoms with Crippen LogP contribution >= 0.6 is 0 Å². The van der Waals surface area contributed by atoms with Crippen molar-refractivity contribution in [2.45, 2.75) is 75.7 Å². The minimum atomic E-state index is 0. The highest BCUT2D eigenvalue weighted by Gasteiger charge is 2.26. The summed E-state index contributed by atoms with van der Waals surface area (Å²) in [5.74, 6) is 1.70. The lowest BCUT2D eigenvalue weighted by atomic mass is 9.79. The first-order chi connectivity index (χ1) is 10.9. The molecule has 5 nitrogen and oxygen atoms in total. The van der Waals surface area contributed by atoms with Crippen LogP contribution in [0, 0.1) is 23.7 Å². The van der Waals surface area contributed by atoms with Gasteiger partial charge in [0, 0.05) is 44.8 Å². The van der Waals surface area contributed by atoms with Gasteiger partial charge < -0.3 is 10.2 Å². The maximum atomic E-state index is 11.1. The zero-order valence-corrected chi connectivity index (χ0v) is 17.1. The Hall–Kier alpha value is -1.39. The van der Waals surface area contributed by atoms with Crippen LogP contribution in [0.1, 0.15) is 75.7 Å². The monoisotopic (exact) mass is 374 g/mol. The highest BCUT2D eigenvalue weighted by molar-refractivity contribution is 5.83. The van der Waals surface area contributed by atoms with Crippen LogP contribution in [0.15, 0.2) is 0 Å². The highest BCUT2D eigenvalue weighted by atomic mass is 16.2. The molecule has 1 N–H and O–H groups in total. The topological polar surface area (TPSA) is 66.5 Å². The summed E-state index contributed by atoms with van der Waals surface area (Å²) < 4.78 is 0. The molecule has 2 amide bonds. The molecule has 0 saturated heterocycles. The van der Waals surface area contributed by atoms with Crippen LogP contribution in [-0.2, 0) is 14.4 Å². The maximum Gasteiger partial charge on any atom is 0.224 e. The molecule has 0 bridgehead atoms. The second kappa shape index (κ2) is 17.0. The molecule has 26 heavy (non-hydrogen) atoms. The quantitative estimate of drug-likeness (QED) is 0.793. The number of carbonyl (C=O) groups is 3. The molecule has 0 heterocycles. The second-order valence-electron chi connectivity index (χ2n) is 7.34. The first-order valence-electron chi connectivity index (χ1n) is 8.92. The van der Waals surface area contributed by atoms with Gasteiger partial charge >= 0.3 is 0 Å². The Balaban J connectivity index is -0.000000136. The zero-order valence-electron chi connectivity index (χ0n) is 17.1. The number of hydrogen-bond donors (Lipinski definition) is 1. The molecule has 0 radical (unpaired) electrons. The van der Waals surface area contributed by atoms with Gasteiger partial charge in [-0.1, -0.05) is 62.8 Å². The third kappa shape index (κ3) is 14.9. The molecular formula is C21H46N2O3. The van der Waals surface area contributed by atoms with Crippen molar-refractivity contribution in [3.63, 3.8) is 0 Å². The van der Waals surface area contributed by atoms with Gasteiger partial charge in [0.2, 0.25) is 11.8 Å². The van der Waals surface area contributed by atoms with E-state index in [9.17, 15) is 14.4 Å². The molecule has 1 aliphatic rings. The minimum absolute atomic E-state index is 0. The fraction of sp³-hybridized carbons (Fsp3) is 0.857. The molecular weight excluding hydrogens is 328 g/mol. The predicted molar refractivity (Wildman–Crippen MR) is 113 cm³/mol. The first kappa shape index (κ1) is 32.3. The van der Waals surface area contributed by atoms with Crippen molar-refractivity contribution in [2.75, 3.05) is 21.1 Å². The molecule has 158 valence electrons.